The van der Waals surface area contributed by atoms with Gasteiger partial charge in [-0.15, -0.1) is 0 Å². The Balaban J connectivity index is 1.82. The predicted molar refractivity (Wildman–Crippen MR) is 65.6 cm³/mol. The van der Waals surface area contributed by atoms with Crippen molar-refractivity contribution in [1.29, 1.82) is 0 Å². The Bertz CT molecular complexity index is 505. The van der Waals surface area contributed by atoms with Gasteiger partial charge in [0.05, 0.1) is 24.5 Å². The molecule has 0 aromatic carbocycles. The SMILES string of the molecule is CCC(C)C(=O)OC1CC2OC1C1COC(=O)C21C(F)(F)F. The second-order valence-corrected chi connectivity index (χ2v) is 6.18. The molecule has 3 aliphatic rings. The largest absolute Gasteiger partial charge is 0.464 e. The van der Waals surface area contributed by atoms with Crippen molar-refractivity contribution in [2.75, 3.05) is 6.61 Å². The minimum atomic E-state index is -4.74. The summed E-state index contributed by atoms with van der Waals surface area (Å²) in [6, 6.07) is 0. The van der Waals surface area contributed by atoms with Gasteiger partial charge in [-0.25, -0.2) is 0 Å². The van der Waals surface area contributed by atoms with Gasteiger partial charge in [0.15, 0.2) is 5.41 Å². The lowest BCUT2D eigenvalue weighted by Crippen LogP contribution is -2.56. The third-order valence-corrected chi connectivity index (χ3v) is 5.11. The Morgan fingerprint density at radius 2 is 2.18 bits per heavy atom. The molecular formula is C14H17F3O5. The molecule has 0 radical (unpaired) electrons. The van der Waals surface area contributed by atoms with E-state index < -0.39 is 47.8 Å². The maximum absolute atomic E-state index is 13.5. The highest BCUT2D eigenvalue weighted by atomic mass is 19.4. The summed E-state index contributed by atoms with van der Waals surface area (Å²) < 4.78 is 55.8. The number of alkyl halides is 3. The van der Waals surface area contributed by atoms with E-state index in [1.807, 2.05) is 6.92 Å². The lowest BCUT2D eigenvalue weighted by Gasteiger charge is -2.36. The first kappa shape index (κ1) is 15.6. The van der Waals surface area contributed by atoms with E-state index in [0.29, 0.717) is 6.42 Å². The third-order valence-electron chi connectivity index (χ3n) is 5.11. The van der Waals surface area contributed by atoms with E-state index in [4.69, 9.17) is 9.47 Å². The highest BCUT2D eigenvalue weighted by Crippen LogP contribution is 2.63. The standard InChI is InChI=1S/C14H17F3O5/c1-3-6(2)11(18)21-8-4-9-13(14(15,16)17)7(10(8)22-9)5-20-12(13)19/h6-10H,3-5H2,1-2H3. The highest BCUT2D eigenvalue weighted by Gasteiger charge is 2.81. The second-order valence-electron chi connectivity index (χ2n) is 6.18. The van der Waals surface area contributed by atoms with Crippen LogP contribution >= 0.6 is 0 Å². The smallest absolute Gasteiger partial charge is 0.407 e. The van der Waals surface area contributed by atoms with E-state index in [2.05, 4.69) is 4.74 Å². The zero-order chi connectivity index (χ0) is 16.3. The molecule has 6 atom stereocenters. The number of halogens is 3. The number of carbonyl (C=O) groups excluding carboxylic acids is 2. The number of rotatable bonds is 3. The average molecular weight is 322 g/mol. The Morgan fingerprint density at radius 1 is 1.50 bits per heavy atom. The molecule has 0 saturated carbocycles. The molecule has 124 valence electrons. The van der Waals surface area contributed by atoms with Crippen LogP contribution in [0, 0.1) is 17.3 Å². The average Bonchev–Trinajstić information content (AvgIpc) is 3.07. The van der Waals surface area contributed by atoms with Crippen LogP contribution in [0.25, 0.3) is 0 Å². The maximum Gasteiger partial charge on any atom is 0.407 e. The quantitative estimate of drug-likeness (QED) is 0.742. The molecule has 0 aliphatic carbocycles. The Labute approximate surface area is 125 Å². The lowest BCUT2D eigenvalue weighted by atomic mass is 9.66. The van der Waals surface area contributed by atoms with E-state index in [1.54, 1.807) is 6.92 Å². The number of hydrogen-bond donors (Lipinski definition) is 0. The summed E-state index contributed by atoms with van der Waals surface area (Å²) in [7, 11) is 0. The maximum atomic E-state index is 13.5. The van der Waals surface area contributed by atoms with Crippen LogP contribution in [0.15, 0.2) is 0 Å². The molecule has 3 saturated heterocycles. The zero-order valence-corrected chi connectivity index (χ0v) is 12.2. The first-order valence-corrected chi connectivity index (χ1v) is 7.33. The summed E-state index contributed by atoms with van der Waals surface area (Å²) in [6.07, 6.45) is -7.31. The fourth-order valence-corrected chi connectivity index (χ4v) is 3.67. The highest BCUT2D eigenvalue weighted by molar-refractivity contribution is 5.82. The van der Waals surface area contributed by atoms with Crippen LogP contribution in [0.5, 0.6) is 0 Å². The number of hydrogen-bond acceptors (Lipinski definition) is 5. The molecule has 3 aliphatic heterocycles. The van der Waals surface area contributed by atoms with Crippen LogP contribution in [-0.4, -0.2) is 43.0 Å². The Morgan fingerprint density at radius 3 is 2.77 bits per heavy atom. The first-order valence-electron chi connectivity index (χ1n) is 7.33. The van der Waals surface area contributed by atoms with Crippen LogP contribution in [0.1, 0.15) is 26.7 Å². The molecular weight excluding hydrogens is 305 g/mol. The van der Waals surface area contributed by atoms with Crippen molar-refractivity contribution < 1.29 is 37.0 Å². The first-order chi connectivity index (χ1) is 10.2. The van der Waals surface area contributed by atoms with Gasteiger partial charge >= 0.3 is 18.1 Å². The van der Waals surface area contributed by atoms with Crippen LogP contribution in [0.4, 0.5) is 13.2 Å². The predicted octanol–water partition coefficient (Wildman–Crippen LogP) is 1.84. The molecule has 0 aromatic heterocycles. The summed E-state index contributed by atoms with van der Waals surface area (Å²) in [5.41, 5.74) is -2.60. The van der Waals surface area contributed by atoms with Crippen molar-refractivity contribution in [2.45, 2.75) is 51.2 Å². The number of carbonyl (C=O) groups is 2. The van der Waals surface area contributed by atoms with Crippen LogP contribution in [-0.2, 0) is 23.8 Å². The summed E-state index contributed by atoms with van der Waals surface area (Å²) in [5.74, 6) is -3.20. The molecule has 22 heavy (non-hydrogen) atoms. The molecule has 2 bridgehead atoms. The second kappa shape index (κ2) is 4.84. The Hall–Kier alpha value is -1.31. The van der Waals surface area contributed by atoms with Crippen molar-refractivity contribution in [2.24, 2.45) is 17.3 Å². The number of fused-ring (bicyclic) bond motifs is 5. The molecule has 3 fully saturated rings. The van der Waals surface area contributed by atoms with Gasteiger partial charge in [-0.2, -0.15) is 13.2 Å². The summed E-state index contributed by atoms with van der Waals surface area (Å²) in [4.78, 5) is 23.6. The fourth-order valence-electron chi connectivity index (χ4n) is 3.67. The van der Waals surface area contributed by atoms with E-state index in [0.717, 1.165) is 0 Å². The molecule has 8 heteroatoms. The van der Waals surface area contributed by atoms with E-state index >= 15 is 0 Å². The van der Waals surface area contributed by atoms with Crippen molar-refractivity contribution in [3.8, 4) is 0 Å². The summed E-state index contributed by atoms with van der Waals surface area (Å²) in [6.45, 7) is 3.16. The van der Waals surface area contributed by atoms with Crippen molar-refractivity contribution >= 4 is 11.9 Å². The molecule has 3 heterocycles. The lowest BCUT2D eigenvalue weighted by molar-refractivity contribution is -0.242. The number of cyclic esters (lactones) is 1. The number of ether oxygens (including phenoxy) is 3. The third kappa shape index (κ3) is 1.82. The van der Waals surface area contributed by atoms with Gasteiger partial charge < -0.3 is 14.2 Å². The molecule has 5 nitrogen and oxygen atoms in total. The van der Waals surface area contributed by atoms with Gasteiger partial charge in [-0.1, -0.05) is 13.8 Å². The van der Waals surface area contributed by atoms with Gasteiger partial charge in [0.1, 0.15) is 12.2 Å². The molecule has 0 spiro atoms. The van der Waals surface area contributed by atoms with Gasteiger partial charge in [0, 0.05) is 6.42 Å². The molecule has 0 aromatic rings. The van der Waals surface area contributed by atoms with Crippen LogP contribution in [0.3, 0.4) is 0 Å². The number of esters is 2. The Kier molecular flexibility index (Phi) is 3.43. The van der Waals surface area contributed by atoms with Crippen molar-refractivity contribution in [1.82, 2.24) is 0 Å². The van der Waals surface area contributed by atoms with E-state index in [9.17, 15) is 22.8 Å². The topological polar surface area (TPSA) is 61.8 Å². The van der Waals surface area contributed by atoms with Gasteiger partial charge in [-0.3, -0.25) is 9.59 Å². The zero-order valence-electron chi connectivity index (χ0n) is 12.2. The van der Waals surface area contributed by atoms with Crippen molar-refractivity contribution in [3.63, 3.8) is 0 Å². The van der Waals surface area contributed by atoms with Crippen molar-refractivity contribution in [3.05, 3.63) is 0 Å². The minimum absolute atomic E-state index is 0.127. The summed E-state index contributed by atoms with van der Waals surface area (Å²) in [5, 5.41) is 0. The van der Waals surface area contributed by atoms with E-state index in [-0.39, 0.29) is 18.9 Å². The van der Waals surface area contributed by atoms with E-state index in [1.165, 1.54) is 0 Å². The van der Waals surface area contributed by atoms with Gasteiger partial charge in [-0.05, 0) is 6.42 Å². The van der Waals surface area contributed by atoms with Gasteiger partial charge in [0.25, 0.3) is 0 Å². The molecule has 0 N–H and O–H groups in total. The van der Waals surface area contributed by atoms with Gasteiger partial charge in [0.2, 0.25) is 0 Å². The normalized spacial score (nSPS) is 41.2. The minimum Gasteiger partial charge on any atom is -0.464 e. The van der Waals surface area contributed by atoms with Crippen LogP contribution in [0.2, 0.25) is 0 Å². The summed E-state index contributed by atoms with van der Waals surface area (Å²) >= 11 is 0. The van der Waals surface area contributed by atoms with Crippen LogP contribution < -0.4 is 0 Å². The molecule has 3 rings (SSSR count). The monoisotopic (exact) mass is 322 g/mol. The fraction of sp³-hybridized carbons (Fsp3) is 0.857. The molecule has 0 amide bonds. The molecule has 6 unspecified atom stereocenters.